The zero-order chi connectivity index (χ0) is 10.8. The van der Waals surface area contributed by atoms with Crippen LogP contribution in [-0.4, -0.2) is 12.5 Å². The Morgan fingerprint density at radius 3 is 3.20 bits per heavy atom. The van der Waals surface area contributed by atoms with Gasteiger partial charge in [0.2, 0.25) is 0 Å². The normalized spacial score (nSPS) is 18.1. The Morgan fingerprint density at radius 2 is 2.47 bits per heavy atom. The van der Waals surface area contributed by atoms with Crippen molar-refractivity contribution in [3.05, 3.63) is 29.6 Å². The highest BCUT2D eigenvalue weighted by Crippen LogP contribution is 2.32. The SMILES string of the molecule is CCC(=O)OC1CNc2ccc(F)cc21. The number of esters is 1. The van der Waals surface area contributed by atoms with E-state index in [9.17, 15) is 9.18 Å². The number of ether oxygens (including phenoxy) is 1. The first kappa shape index (κ1) is 9.96. The lowest BCUT2D eigenvalue weighted by atomic mass is 10.1. The summed E-state index contributed by atoms with van der Waals surface area (Å²) in [6.07, 6.45) is -0.0237. The number of nitrogens with one attached hydrogen (secondary N) is 1. The fourth-order valence-electron chi connectivity index (χ4n) is 1.62. The smallest absolute Gasteiger partial charge is 0.306 e. The van der Waals surface area contributed by atoms with Crippen LogP contribution in [0.2, 0.25) is 0 Å². The number of halogens is 1. The molecule has 1 aliphatic rings. The maximum Gasteiger partial charge on any atom is 0.306 e. The summed E-state index contributed by atoms with van der Waals surface area (Å²) in [5.74, 6) is -0.575. The number of benzene rings is 1. The van der Waals surface area contributed by atoms with Gasteiger partial charge in [0, 0.05) is 17.7 Å². The number of carbonyl (C=O) groups is 1. The van der Waals surface area contributed by atoms with E-state index >= 15 is 0 Å². The summed E-state index contributed by atoms with van der Waals surface area (Å²) >= 11 is 0. The second-order valence-corrected chi connectivity index (χ2v) is 3.44. The molecule has 1 aromatic carbocycles. The fraction of sp³-hybridized carbons (Fsp3) is 0.364. The maximum atomic E-state index is 13.0. The van der Waals surface area contributed by atoms with E-state index < -0.39 is 0 Å². The van der Waals surface area contributed by atoms with Crippen molar-refractivity contribution < 1.29 is 13.9 Å². The molecular weight excluding hydrogens is 197 g/mol. The molecule has 0 radical (unpaired) electrons. The van der Waals surface area contributed by atoms with Gasteiger partial charge in [-0.2, -0.15) is 0 Å². The standard InChI is InChI=1S/C11H12FNO2/c1-2-11(14)15-10-6-13-9-4-3-7(12)5-8(9)10/h3-5,10,13H,2,6H2,1H3. The molecule has 1 aliphatic heterocycles. The van der Waals surface area contributed by atoms with Gasteiger partial charge in [-0.25, -0.2) is 4.39 Å². The summed E-state index contributed by atoms with van der Waals surface area (Å²) in [7, 11) is 0. The van der Waals surface area contributed by atoms with Gasteiger partial charge in [0.15, 0.2) is 0 Å². The van der Waals surface area contributed by atoms with E-state index in [0.717, 1.165) is 11.3 Å². The Hall–Kier alpha value is -1.58. The largest absolute Gasteiger partial charge is 0.456 e. The summed E-state index contributed by atoms with van der Waals surface area (Å²) in [5, 5.41) is 3.06. The summed E-state index contributed by atoms with van der Waals surface area (Å²) in [4.78, 5) is 11.1. The summed E-state index contributed by atoms with van der Waals surface area (Å²) in [5.41, 5.74) is 1.56. The summed E-state index contributed by atoms with van der Waals surface area (Å²) in [6, 6.07) is 4.45. The van der Waals surface area contributed by atoms with Gasteiger partial charge >= 0.3 is 5.97 Å². The number of carbonyl (C=O) groups excluding carboxylic acids is 1. The first-order chi connectivity index (χ1) is 7.20. The first-order valence-corrected chi connectivity index (χ1v) is 4.93. The van der Waals surface area contributed by atoms with Crippen LogP contribution in [0.15, 0.2) is 18.2 Å². The van der Waals surface area contributed by atoms with Crippen LogP contribution < -0.4 is 5.32 Å². The van der Waals surface area contributed by atoms with E-state index in [1.54, 1.807) is 13.0 Å². The molecule has 1 atom stereocenters. The lowest BCUT2D eigenvalue weighted by Gasteiger charge is -2.11. The van der Waals surface area contributed by atoms with E-state index in [1.165, 1.54) is 12.1 Å². The molecular formula is C11H12FNO2. The van der Waals surface area contributed by atoms with Gasteiger partial charge < -0.3 is 10.1 Å². The van der Waals surface area contributed by atoms with Gasteiger partial charge in [-0.15, -0.1) is 0 Å². The minimum atomic E-state index is -0.358. The van der Waals surface area contributed by atoms with Gasteiger partial charge in [0.05, 0.1) is 6.54 Å². The van der Waals surface area contributed by atoms with Crippen molar-refractivity contribution in [1.82, 2.24) is 0 Å². The van der Waals surface area contributed by atoms with Crippen molar-refractivity contribution in [2.24, 2.45) is 0 Å². The Balaban J connectivity index is 2.20. The molecule has 0 saturated heterocycles. The topological polar surface area (TPSA) is 38.3 Å². The van der Waals surface area contributed by atoms with Crippen molar-refractivity contribution in [1.29, 1.82) is 0 Å². The van der Waals surface area contributed by atoms with E-state index in [1.807, 2.05) is 0 Å². The lowest BCUT2D eigenvalue weighted by Crippen LogP contribution is -2.12. The maximum absolute atomic E-state index is 13.0. The first-order valence-electron chi connectivity index (χ1n) is 4.93. The molecule has 15 heavy (non-hydrogen) atoms. The van der Waals surface area contributed by atoms with Crippen molar-refractivity contribution in [3.63, 3.8) is 0 Å². The molecule has 80 valence electrons. The van der Waals surface area contributed by atoms with Gasteiger partial charge in [-0.1, -0.05) is 6.92 Å². The van der Waals surface area contributed by atoms with Crippen molar-refractivity contribution in [2.75, 3.05) is 11.9 Å². The quantitative estimate of drug-likeness (QED) is 0.759. The van der Waals surface area contributed by atoms with Crippen LogP contribution >= 0.6 is 0 Å². The molecule has 0 saturated carbocycles. The molecule has 1 N–H and O–H groups in total. The summed E-state index contributed by atoms with van der Waals surface area (Å²) < 4.78 is 18.2. The monoisotopic (exact) mass is 209 g/mol. The van der Waals surface area contributed by atoms with Crippen LogP contribution in [0.4, 0.5) is 10.1 Å². The molecule has 1 aromatic rings. The van der Waals surface area contributed by atoms with Crippen molar-refractivity contribution >= 4 is 11.7 Å². The van der Waals surface area contributed by atoms with Gasteiger partial charge in [-0.05, 0) is 18.2 Å². The summed E-state index contributed by atoms with van der Waals surface area (Å²) in [6.45, 7) is 2.25. The Morgan fingerprint density at radius 1 is 1.67 bits per heavy atom. The number of rotatable bonds is 2. The van der Waals surface area contributed by atoms with Crippen LogP contribution in [0.5, 0.6) is 0 Å². The van der Waals surface area contributed by atoms with Crippen molar-refractivity contribution in [3.8, 4) is 0 Å². The zero-order valence-electron chi connectivity index (χ0n) is 8.42. The average molecular weight is 209 g/mol. The molecule has 0 fully saturated rings. The van der Waals surface area contributed by atoms with Crippen LogP contribution in [0, 0.1) is 5.82 Å². The molecule has 0 spiro atoms. The molecule has 0 bridgehead atoms. The predicted molar refractivity (Wildman–Crippen MR) is 54.0 cm³/mol. The Labute approximate surface area is 87.2 Å². The van der Waals surface area contributed by atoms with Crippen molar-refractivity contribution in [2.45, 2.75) is 19.4 Å². The Kier molecular flexibility index (Phi) is 2.58. The van der Waals surface area contributed by atoms with Crippen LogP contribution in [0.3, 0.4) is 0 Å². The third kappa shape index (κ3) is 1.93. The average Bonchev–Trinajstić information content (AvgIpc) is 2.61. The molecule has 0 aromatic heterocycles. The molecule has 0 aliphatic carbocycles. The third-order valence-corrected chi connectivity index (χ3v) is 2.40. The van der Waals surface area contributed by atoms with Gasteiger partial charge in [0.25, 0.3) is 0 Å². The molecule has 0 amide bonds. The molecule has 4 heteroatoms. The minimum absolute atomic E-state index is 0.265. The second kappa shape index (κ2) is 3.88. The fourth-order valence-corrected chi connectivity index (χ4v) is 1.62. The van der Waals surface area contributed by atoms with Gasteiger partial charge in [-0.3, -0.25) is 4.79 Å². The molecule has 2 rings (SSSR count). The van der Waals surface area contributed by atoms with Crippen LogP contribution in [0.1, 0.15) is 25.0 Å². The van der Waals surface area contributed by atoms with E-state index in [-0.39, 0.29) is 17.9 Å². The number of fused-ring (bicyclic) bond motifs is 1. The lowest BCUT2D eigenvalue weighted by molar-refractivity contribution is -0.148. The zero-order valence-corrected chi connectivity index (χ0v) is 8.42. The Bertz CT molecular complexity index is 392. The highest BCUT2D eigenvalue weighted by molar-refractivity contribution is 5.70. The third-order valence-electron chi connectivity index (χ3n) is 2.40. The predicted octanol–water partition coefficient (Wildman–Crippen LogP) is 2.25. The van der Waals surface area contributed by atoms with Gasteiger partial charge in [0.1, 0.15) is 11.9 Å². The highest BCUT2D eigenvalue weighted by atomic mass is 19.1. The van der Waals surface area contributed by atoms with Crippen LogP contribution in [0.25, 0.3) is 0 Å². The number of hydrogen-bond donors (Lipinski definition) is 1. The van der Waals surface area contributed by atoms with Crippen LogP contribution in [-0.2, 0) is 9.53 Å². The molecule has 1 heterocycles. The van der Waals surface area contributed by atoms with E-state index in [4.69, 9.17) is 4.74 Å². The second-order valence-electron chi connectivity index (χ2n) is 3.44. The van der Waals surface area contributed by atoms with E-state index in [0.29, 0.717) is 13.0 Å². The number of hydrogen-bond acceptors (Lipinski definition) is 3. The van der Waals surface area contributed by atoms with E-state index in [2.05, 4.69) is 5.32 Å². The number of anilines is 1. The molecule has 3 nitrogen and oxygen atoms in total. The highest BCUT2D eigenvalue weighted by Gasteiger charge is 2.25. The molecule has 1 unspecified atom stereocenters. The minimum Gasteiger partial charge on any atom is -0.456 e.